The van der Waals surface area contributed by atoms with E-state index >= 15 is 0 Å². The molecule has 0 bridgehead atoms. The van der Waals surface area contributed by atoms with Gasteiger partial charge in [-0.25, -0.2) is 0 Å². The Kier molecular flexibility index (Phi) is 3.97. The molecule has 1 aromatic carbocycles. The molecular formula is C15H21N3O2. The first-order valence-electron chi connectivity index (χ1n) is 6.80. The van der Waals surface area contributed by atoms with Gasteiger partial charge in [0, 0.05) is 24.2 Å². The van der Waals surface area contributed by atoms with Gasteiger partial charge in [0.1, 0.15) is 0 Å². The van der Waals surface area contributed by atoms with Crippen molar-refractivity contribution < 1.29 is 10.0 Å². The van der Waals surface area contributed by atoms with E-state index in [1.165, 1.54) is 0 Å². The molecule has 1 aliphatic rings. The van der Waals surface area contributed by atoms with Crippen LogP contribution in [0.25, 0.3) is 0 Å². The van der Waals surface area contributed by atoms with Crippen LogP contribution in [-0.4, -0.2) is 34.9 Å². The number of carbonyl (C=O) groups excluding carboxylic acids is 1. The Morgan fingerprint density at radius 3 is 2.75 bits per heavy atom. The van der Waals surface area contributed by atoms with E-state index in [9.17, 15) is 4.79 Å². The second-order valence-electron chi connectivity index (χ2n) is 6.06. The zero-order valence-corrected chi connectivity index (χ0v) is 12.0. The van der Waals surface area contributed by atoms with Gasteiger partial charge in [-0.2, -0.15) is 0 Å². The molecule has 0 radical (unpaired) electrons. The van der Waals surface area contributed by atoms with Gasteiger partial charge < -0.3 is 15.8 Å². The Hall–Kier alpha value is -2.04. The predicted octanol–water partition coefficient (Wildman–Crippen LogP) is 2.04. The van der Waals surface area contributed by atoms with Gasteiger partial charge in [-0.1, -0.05) is 31.1 Å². The molecule has 5 nitrogen and oxygen atoms in total. The zero-order chi connectivity index (χ0) is 14.8. The lowest BCUT2D eigenvalue weighted by atomic mass is 9.84. The predicted molar refractivity (Wildman–Crippen MR) is 77.9 cm³/mol. The molecule has 1 heterocycles. The average molecular weight is 275 g/mol. The fraction of sp³-hybridized carbons (Fsp3) is 0.467. The number of oxime groups is 1. The smallest absolute Gasteiger partial charge is 0.253 e. The Morgan fingerprint density at radius 1 is 1.40 bits per heavy atom. The third-order valence-corrected chi connectivity index (χ3v) is 3.70. The maximum Gasteiger partial charge on any atom is 0.253 e. The number of benzene rings is 1. The van der Waals surface area contributed by atoms with Gasteiger partial charge in [-0.3, -0.25) is 4.79 Å². The van der Waals surface area contributed by atoms with Crippen molar-refractivity contribution in [2.24, 2.45) is 16.3 Å². The topological polar surface area (TPSA) is 78.9 Å². The summed E-state index contributed by atoms with van der Waals surface area (Å²) in [6.07, 6.45) is 2.17. The molecule has 2 rings (SSSR count). The van der Waals surface area contributed by atoms with Crippen molar-refractivity contribution in [1.29, 1.82) is 0 Å². The quantitative estimate of drug-likeness (QED) is 0.375. The third-order valence-electron chi connectivity index (χ3n) is 3.70. The summed E-state index contributed by atoms with van der Waals surface area (Å²) in [5.74, 6) is 0.0176. The van der Waals surface area contributed by atoms with Crippen LogP contribution < -0.4 is 5.73 Å². The normalized spacial score (nSPS) is 18.9. The molecule has 1 aliphatic heterocycles. The Balaban J connectivity index is 2.21. The largest absolute Gasteiger partial charge is 0.409 e. The molecule has 1 amide bonds. The summed E-state index contributed by atoms with van der Waals surface area (Å²) in [6, 6.07) is 6.89. The number of piperidine rings is 1. The van der Waals surface area contributed by atoms with Crippen LogP contribution in [0.3, 0.4) is 0 Å². The maximum atomic E-state index is 12.5. The minimum absolute atomic E-state index is 0.00497. The van der Waals surface area contributed by atoms with Gasteiger partial charge >= 0.3 is 0 Å². The van der Waals surface area contributed by atoms with E-state index in [0.29, 0.717) is 11.1 Å². The molecule has 1 aromatic rings. The number of nitrogens with zero attached hydrogens (tertiary/aromatic N) is 2. The summed E-state index contributed by atoms with van der Waals surface area (Å²) in [6.45, 7) is 5.91. The van der Waals surface area contributed by atoms with Crippen molar-refractivity contribution in [1.82, 2.24) is 4.90 Å². The van der Waals surface area contributed by atoms with Gasteiger partial charge in [0.05, 0.1) is 0 Å². The third kappa shape index (κ3) is 3.10. The molecule has 108 valence electrons. The number of rotatable bonds is 2. The molecule has 0 spiro atoms. The first-order chi connectivity index (χ1) is 9.43. The van der Waals surface area contributed by atoms with Crippen LogP contribution in [0.4, 0.5) is 0 Å². The van der Waals surface area contributed by atoms with E-state index in [0.717, 1.165) is 25.9 Å². The van der Waals surface area contributed by atoms with Crippen LogP contribution in [0.15, 0.2) is 29.4 Å². The van der Waals surface area contributed by atoms with Crippen molar-refractivity contribution >= 4 is 11.7 Å². The van der Waals surface area contributed by atoms with Crippen LogP contribution in [0.1, 0.15) is 42.6 Å². The van der Waals surface area contributed by atoms with Gasteiger partial charge in [-0.15, -0.1) is 0 Å². The van der Waals surface area contributed by atoms with Crippen molar-refractivity contribution in [2.75, 3.05) is 13.1 Å². The second kappa shape index (κ2) is 5.53. The minimum Gasteiger partial charge on any atom is -0.409 e. The van der Waals surface area contributed by atoms with Gasteiger partial charge in [0.15, 0.2) is 5.84 Å². The minimum atomic E-state index is 0.00497. The number of amidine groups is 1. The first kappa shape index (κ1) is 14.4. The molecule has 0 atom stereocenters. The summed E-state index contributed by atoms with van der Waals surface area (Å²) in [7, 11) is 0. The van der Waals surface area contributed by atoms with Crippen LogP contribution in [0, 0.1) is 5.41 Å². The monoisotopic (exact) mass is 275 g/mol. The lowest BCUT2D eigenvalue weighted by molar-refractivity contribution is 0.0583. The molecule has 1 saturated heterocycles. The number of carbonyl (C=O) groups is 1. The van der Waals surface area contributed by atoms with Crippen LogP contribution in [0.5, 0.6) is 0 Å². The molecular weight excluding hydrogens is 254 g/mol. The summed E-state index contributed by atoms with van der Waals surface area (Å²) in [5, 5.41) is 11.7. The van der Waals surface area contributed by atoms with E-state index in [4.69, 9.17) is 10.9 Å². The van der Waals surface area contributed by atoms with E-state index < -0.39 is 0 Å². The lowest BCUT2D eigenvalue weighted by Crippen LogP contribution is -2.43. The second-order valence-corrected chi connectivity index (χ2v) is 6.06. The molecule has 0 unspecified atom stereocenters. The van der Waals surface area contributed by atoms with E-state index in [-0.39, 0.29) is 17.2 Å². The Morgan fingerprint density at radius 2 is 2.10 bits per heavy atom. The molecule has 5 heteroatoms. The number of likely N-dealkylation sites (tertiary alicyclic amines) is 1. The highest BCUT2D eigenvalue weighted by atomic mass is 16.4. The highest BCUT2D eigenvalue weighted by Gasteiger charge is 2.29. The Bertz CT molecular complexity index is 538. The highest BCUT2D eigenvalue weighted by molar-refractivity contribution is 6.01. The summed E-state index contributed by atoms with van der Waals surface area (Å²) in [5.41, 5.74) is 6.85. The van der Waals surface area contributed by atoms with Gasteiger partial charge in [-0.05, 0) is 30.4 Å². The SMILES string of the molecule is CC1(C)CCCN(C(=O)c2cccc(C(N)=NO)c2)C1. The average Bonchev–Trinajstić information content (AvgIpc) is 2.44. The number of nitrogens with two attached hydrogens (primary N) is 1. The summed E-state index contributed by atoms with van der Waals surface area (Å²) < 4.78 is 0. The first-order valence-corrected chi connectivity index (χ1v) is 6.80. The highest BCUT2D eigenvalue weighted by Crippen LogP contribution is 2.29. The van der Waals surface area contributed by atoms with Crippen molar-refractivity contribution in [3.8, 4) is 0 Å². The van der Waals surface area contributed by atoms with Crippen LogP contribution >= 0.6 is 0 Å². The van der Waals surface area contributed by atoms with Crippen molar-refractivity contribution in [2.45, 2.75) is 26.7 Å². The molecule has 20 heavy (non-hydrogen) atoms. The number of hydrogen-bond donors (Lipinski definition) is 2. The fourth-order valence-corrected chi connectivity index (χ4v) is 2.65. The van der Waals surface area contributed by atoms with E-state index in [1.807, 2.05) is 4.90 Å². The number of hydrogen-bond acceptors (Lipinski definition) is 3. The van der Waals surface area contributed by atoms with Crippen molar-refractivity contribution in [3.63, 3.8) is 0 Å². The lowest BCUT2D eigenvalue weighted by Gasteiger charge is -2.38. The van der Waals surface area contributed by atoms with Crippen LogP contribution in [0.2, 0.25) is 0 Å². The molecule has 1 fully saturated rings. The Labute approximate surface area is 119 Å². The molecule has 0 aliphatic carbocycles. The summed E-state index contributed by atoms with van der Waals surface area (Å²) >= 11 is 0. The maximum absolute atomic E-state index is 12.5. The van der Waals surface area contributed by atoms with Gasteiger partial charge in [0.2, 0.25) is 0 Å². The van der Waals surface area contributed by atoms with Crippen molar-refractivity contribution in [3.05, 3.63) is 35.4 Å². The van der Waals surface area contributed by atoms with Gasteiger partial charge in [0.25, 0.3) is 5.91 Å². The van der Waals surface area contributed by atoms with E-state index in [2.05, 4.69) is 19.0 Å². The zero-order valence-electron chi connectivity index (χ0n) is 12.0. The summed E-state index contributed by atoms with van der Waals surface area (Å²) in [4.78, 5) is 14.4. The standard InChI is InChI=1S/C15H21N3O2/c1-15(2)7-4-8-18(10-15)14(19)12-6-3-5-11(9-12)13(16)17-20/h3,5-6,9,20H,4,7-8,10H2,1-2H3,(H2,16,17). The van der Waals surface area contributed by atoms with E-state index in [1.54, 1.807) is 24.3 Å². The molecule has 3 N–H and O–H groups in total. The molecule has 0 aromatic heterocycles. The number of amides is 1. The molecule has 0 saturated carbocycles. The fourth-order valence-electron chi connectivity index (χ4n) is 2.65. The van der Waals surface area contributed by atoms with Crippen LogP contribution in [-0.2, 0) is 0 Å².